The van der Waals surface area contributed by atoms with E-state index in [2.05, 4.69) is 18.7 Å². The van der Waals surface area contributed by atoms with Crippen LogP contribution in [-0.4, -0.2) is 43.0 Å². The molecule has 0 aromatic heterocycles. The summed E-state index contributed by atoms with van der Waals surface area (Å²) < 4.78 is 16.6. The van der Waals surface area contributed by atoms with E-state index in [0.717, 1.165) is 24.5 Å². The van der Waals surface area contributed by atoms with Crippen molar-refractivity contribution in [3.8, 4) is 0 Å². The normalized spacial score (nSPS) is 41.4. The number of aliphatic hydroxyl groups excluding tert-OH is 1. The van der Waals surface area contributed by atoms with Crippen molar-refractivity contribution in [1.29, 1.82) is 0 Å². The summed E-state index contributed by atoms with van der Waals surface area (Å²) in [6.07, 6.45) is 0. The molecule has 3 fully saturated rings. The number of hydrogen-bond acceptors (Lipinski definition) is 5. The van der Waals surface area contributed by atoms with Gasteiger partial charge in [0.25, 0.3) is 0 Å². The molecule has 1 aromatic rings. The molecule has 4 rings (SSSR count). The summed E-state index contributed by atoms with van der Waals surface area (Å²) in [7, 11) is 0. The minimum Gasteiger partial charge on any atom is -0.393 e. The first-order valence-corrected chi connectivity index (χ1v) is 6.95. The Kier molecular flexibility index (Phi) is 2.35. The molecule has 3 aliphatic rings. The van der Waals surface area contributed by atoms with Gasteiger partial charge in [-0.05, 0) is 31.5 Å². The smallest absolute Gasteiger partial charge is 0.164 e. The van der Waals surface area contributed by atoms with Gasteiger partial charge in [-0.1, -0.05) is 12.1 Å². The summed E-state index contributed by atoms with van der Waals surface area (Å²) in [5, 5.41) is 9.39. The third-order valence-corrected chi connectivity index (χ3v) is 4.47. The number of hydrogen-bond donors (Lipinski definition) is 1. The topological polar surface area (TPSA) is 61.1 Å². The molecule has 0 spiro atoms. The molecule has 0 aliphatic carbocycles. The number of anilines is 1. The summed E-state index contributed by atoms with van der Waals surface area (Å²) in [6.45, 7) is 6.21. The monoisotopic (exact) mass is 277 g/mol. The third-order valence-electron chi connectivity index (χ3n) is 4.47. The Balaban J connectivity index is 1.64. The molecule has 3 unspecified atom stereocenters. The molecule has 0 amide bonds. The highest BCUT2D eigenvalue weighted by Gasteiger charge is 2.59. The fourth-order valence-corrected chi connectivity index (χ4v) is 2.86. The number of aliphatic hydroxyl groups is 1. The van der Waals surface area contributed by atoms with E-state index in [4.69, 9.17) is 14.2 Å². The molecule has 0 radical (unpaired) electrons. The number of rotatable bonds is 5. The average Bonchev–Trinajstić information content (AvgIpc) is 3.29. The lowest BCUT2D eigenvalue weighted by atomic mass is 10.00. The highest BCUT2D eigenvalue weighted by atomic mass is 16.7. The predicted molar refractivity (Wildman–Crippen MR) is 72.4 cm³/mol. The Labute approximate surface area is 118 Å². The van der Waals surface area contributed by atoms with Crippen LogP contribution in [0.4, 0.5) is 5.69 Å². The van der Waals surface area contributed by atoms with Crippen molar-refractivity contribution in [1.82, 2.24) is 0 Å². The van der Waals surface area contributed by atoms with Gasteiger partial charge in [0.05, 0.1) is 26.4 Å². The number of ether oxygens (including phenoxy) is 3. The molecule has 5 nitrogen and oxygen atoms in total. The Hall–Kier alpha value is -1.14. The molecule has 108 valence electrons. The second kappa shape index (κ2) is 3.74. The minimum atomic E-state index is -0.469. The second-order valence-electron chi connectivity index (χ2n) is 6.25. The van der Waals surface area contributed by atoms with Gasteiger partial charge in [0.2, 0.25) is 0 Å². The quantitative estimate of drug-likeness (QED) is 0.820. The fourth-order valence-electron chi connectivity index (χ4n) is 2.86. The van der Waals surface area contributed by atoms with Crippen molar-refractivity contribution < 1.29 is 19.3 Å². The van der Waals surface area contributed by atoms with Crippen LogP contribution in [0.25, 0.3) is 0 Å². The van der Waals surface area contributed by atoms with E-state index < -0.39 is 5.60 Å². The van der Waals surface area contributed by atoms with Gasteiger partial charge in [-0.2, -0.15) is 0 Å². The van der Waals surface area contributed by atoms with Crippen molar-refractivity contribution in [3.05, 3.63) is 29.8 Å². The molecule has 0 saturated carbocycles. The summed E-state index contributed by atoms with van der Waals surface area (Å²) in [5.74, 6) is 0. The summed E-state index contributed by atoms with van der Waals surface area (Å²) >= 11 is 0. The summed E-state index contributed by atoms with van der Waals surface area (Å²) in [4.78, 5) is 2.20. The van der Waals surface area contributed by atoms with Crippen molar-refractivity contribution in [3.63, 3.8) is 0 Å². The molecular weight excluding hydrogens is 258 g/mol. The van der Waals surface area contributed by atoms with Crippen LogP contribution in [0.1, 0.15) is 19.4 Å². The van der Waals surface area contributed by atoms with Gasteiger partial charge in [-0.3, -0.25) is 0 Å². The molecule has 3 saturated heterocycles. The number of benzene rings is 1. The van der Waals surface area contributed by atoms with Gasteiger partial charge >= 0.3 is 0 Å². The largest absolute Gasteiger partial charge is 0.393 e. The van der Waals surface area contributed by atoms with Crippen LogP contribution < -0.4 is 4.90 Å². The third kappa shape index (κ3) is 1.78. The van der Waals surface area contributed by atoms with Crippen LogP contribution in [0.3, 0.4) is 0 Å². The van der Waals surface area contributed by atoms with Gasteiger partial charge in [0, 0.05) is 5.69 Å². The second-order valence-corrected chi connectivity index (χ2v) is 6.25. The Morgan fingerprint density at radius 1 is 1.00 bits per heavy atom. The van der Waals surface area contributed by atoms with Gasteiger partial charge in [0.1, 0.15) is 5.60 Å². The first-order valence-electron chi connectivity index (χ1n) is 6.95. The zero-order valence-electron chi connectivity index (χ0n) is 11.8. The van der Waals surface area contributed by atoms with Crippen LogP contribution in [-0.2, 0) is 19.8 Å². The van der Waals surface area contributed by atoms with Crippen LogP contribution in [0.5, 0.6) is 0 Å². The zero-order valence-corrected chi connectivity index (χ0v) is 11.8. The standard InChI is InChI=1S/C15H19NO4/c1-13(8-18-13)16(14(2)9-19-14)12-5-3-11(4-6-12)15(7-17)10-20-15/h3-6,17H,7-10H2,1-2H3. The number of nitrogens with zero attached hydrogens (tertiary/aromatic N) is 1. The first-order chi connectivity index (χ1) is 9.51. The SMILES string of the molecule is CC1(N(c2ccc(C3(CO)CO3)cc2)C2(C)CO2)CO1. The van der Waals surface area contributed by atoms with Crippen LogP contribution in [0.2, 0.25) is 0 Å². The maximum absolute atomic E-state index is 9.39. The maximum atomic E-state index is 9.39. The summed E-state index contributed by atoms with van der Waals surface area (Å²) in [6, 6.07) is 8.13. The zero-order chi connectivity index (χ0) is 14.0. The molecular formula is C15H19NO4. The lowest BCUT2D eigenvalue weighted by Gasteiger charge is -2.33. The fraction of sp³-hybridized carbons (Fsp3) is 0.600. The molecule has 3 atom stereocenters. The molecule has 20 heavy (non-hydrogen) atoms. The van der Waals surface area contributed by atoms with Crippen LogP contribution >= 0.6 is 0 Å². The molecule has 1 aromatic carbocycles. The van der Waals surface area contributed by atoms with E-state index in [1.165, 1.54) is 0 Å². The molecule has 3 aliphatic heterocycles. The maximum Gasteiger partial charge on any atom is 0.164 e. The van der Waals surface area contributed by atoms with E-state index in [-0.39, 0.29) is 18.1 Å². The van der Waals surface area contributed by atoms with Gasteiger partial charge in [0.15, 0.2) is 11.4 Å². The van der Waals surface area contributed by atoms with E-state index in [9.17, 15) is 5.11 Å². The highest BCUT2D eigenvalue weighted by Crippen LogP contribution is 2.47. The molecule has 1 N–H and O–H groups in total. The van der Waals surface area contributed by atoms with Gasteiger partial charge < -0.3 is 24.2 Å². The lowest BCUT2D eigenvalue weighted by Crippen LogP contribution is -2.46. The van der Waals surface area contributed by atoms with E-state index in [1.807, 2.05) is 24.3 Å². The van der Waals surface area contributed by atoms with E-state index in [1.54, 1.807) is 0 Å². The average molecular weight is 277 g/mol. The Morgan fingerprint density at radius 3 is 1.85 bits per heavy atom. The summed E-state index contributed by atoms with van der Waals surface area (Å²) in [5.41, 5.74) is 1.09. The van der Waals surface area contributed by atoms with Crippen molar-refractivity contribution >= 4 is 5.69 Å². The van der Waals surface area contributed by atoms with Crippen molar-refractivity contribution in [2.45, 2.75) is 30.9 Å². The van der Waals surface area contributed by atoms with E-state index >= 15 is 0 Å². The van der Waals surface area contributed by atoms with Crippen molar-refractivity contribution in [2.75, 3.05) is 31.3 Å². The predicted octanol–water partition coefficient (Wildman–Crippen LogP) is 1.20. The Bertz CT molecular complexity index is 511. The van der Waals surface area contributed by atoms with E-state index in [0.29, 0.717) is 6.61 Å². The molecule has 0 bridgehead atoms. The first kappa shape index (κ1) is 12.6. The molecule has 3 heterocycles. The number of epoxide rings is 3. The van der Waals surface area contributed by atoms with Crippen molar-refractivity contribution in [2.24, 2.45) is 0 Å². The molecule has 5 heteroatoms. The highest BCUT2D eigenvalue weighted by molar-refractivity contribution is 5.54. The lowest BCUT2D eigenvalue weighted by molar-refractivity contribution is 0.172. The van der Waals surface area contributed by atoms with Crippen LogP contribution in [0, 0.1) is 0 Å². The minimum absolute atomic E-state index is 0.0255. The Morgan fingerprint density at radius 2 is 1.50 bits per heavy atom. The van der Waals surface area contributed by atoms with Crippen LogP contribution in [0.15, 0.2) is 24.3 Å². The van der Waals surface area contributed by atoms with Gasteiger partial charge in [-0.25, -0.2) is 0 Å². The van der Waals surface area contributed by atoms with Gasteiger partial charge in [-0.15, -0.1) is 0 Å².